The summed E-state index contributed by atoms with van der Waals surface area (Å²) in [6.07, 6.45) is 0. The van der Waals surface area contributed by atoms with Crippen LogP contribution >= 0.6 is 23.2 Å². The number of carbonyl (C=O) groups excluding carboxylic acids is 1. The molecule has 0 aromatic heterocycles. The summed E-state index contributed by atoms with van der Waals surface area (Å²) in [6.45, 7) is 0. The molecule has 0 aliphatic heterocycles. The van der Waals surface area contributed by atoms with Gasteiger partial charge in [-0.1, -0.05) is 23.2 Å². The fourth-order valence-electron chi connectivity index (χ4n) is 1.82. The predicted molar refractivity (Wildman–Crippen MR) is 85.7 cm³/mol. The molecular formula is C14H10Cl2N2O5. The van der Waals surface area contributed by atoms with Gasteiger partial charge in [-0.3, -0.25) is 14.9 Å². The van der Waals surface area contributed by atoms with Gasteiger partial charge in [-0.05, 0) is 18.2 Å². The van der Waals surface area contributed by atoms with E-state index in [0.29, 0.717) is 0 Å². The van der Waals surface area contributed by atoms with Crippen molar-refractivity contribution in [2.24, 2.45) is 0 Å². The van der Waals surface area contributed by atoms with Gasteiger partial charge >= 0.3 is 0 Å². The van der Waals surface area contributed by atoms with Gasteiger partial charge in [0.15, 0.2) is 5.75 Å². The minimum atomic E-state index is -0.646. The molecule has 0 saturated carbocycles. The number of rotatable bonds is 4. The van der Waals surface area contributed by atoms with Crippen LogP contribution in [-0.4, -0.2) is 23.0 Å². The summed E-state index contributed by atoms with van der Waals surface area (Å²) in [5.41, 5.74) is -0.275. The third-order valence-electron chi connectivity index (χ3n) is 2.90. The maximum Gasteiger partial charge on any atom is 0.271 e. The van der Waals surface area contributed by atoms with Crippen LogP contribution in [-0.2, 0) is 0 Å². The van der Waals surface area contributed by atoms with Crippen LogP contribution < -0.4 is 10.1 Å². The molecule has 0 unspecified atom stereocenters. The van der Waals surface area contributed by atoms with Crippen LogP contribution in [0.3, 0.4) is 0 Å². The monoisotopic (exact) mass is 356 g/mol. The highest BCUT2D eigenvalue weighted by Gasteiger charge is 2.16. The number of nitro benzene ring substituents is 1. The highest BCUT2D eigenvalue weighted by Crippen LogP contribution is 2.34. The van der Waals surface area contributed by atoms with E-state index in [4.69, 9.17) is 27.9 Å². The third-order valence-corrected chi connectivity index (χ3v) is 3.47. The summed E-state index contributed by atoms with van der Waals surface area (Å²) in [7, 11) is 1.38. The lowest BCUT2D eigenvalue weighted by Gasteiger charge is -2.10. The number of non-ortho nitro benzene ring substituents is 1. The lowest BCUT2D eigenvalue weighted by atomic mass is 10.2. The fraction of sp³-hybridized carbons (Fsp3) is 0.0714. The SMILES string of the molecule is COc1c(Cl)cc(C(=O)Nc2cc([N+](=O)[O-])ccc2O)cc1Cl. The number of nitro groups is 1. The quantitative estimate of drug-likeness (QED) is 0.491. The number of methoxy groups -OCH3 is 1. The Morgan fingerprint density at radius 2 is 1.87 bits per heavy atom. The number of nitrogens with zero attached hydrogens (tertiary/aromatic N) is 1. The van der Waals surface area contributed by atoms with E-state index in [1.54, 1.807) is 0 Å². The first-order valence-electron chi connectivity index (χ1n) is 6.15. The number of phenols is 1. The number of carbonyl (C=O) groups is 1. The Morgan fingerprint density at radius 3 is 2.39 bits per heavy atom. The fourth-order valence-corrected chi connectivity index (χ4v) is 2.46. The second-order valence-electron chi connectivity index (χ2n) is 4.39. The van der Waals surface area contributed by atoms with Crippen LogP contribution in [0.1, 0.15) is 10.4 Å². The van der Waals surface area contributed by atoms with E-state index in [-0.39, 0.29) is 38.5 Å². The van der Waals surface area contributed by atoms with Gasteiger partial charge in [-0.25, -0.2) is 0 Å². The lowest BCUT2D eigenvalue weighted by molar-refractivity contribution is -0.384. The topological polar surface area (TPSA) is 102 Å². The molecule has 0 fully saturated rings. The maximum absolute atomic E-state index is 12.2. The minimum Gasteiger partial charge on any atom is -0.506 e. The zero-order valence-corrected chi connectivity index (χ0v) is 13.2. The van der Waals surface area contributed by atoms with Crippen LogP contribution in [0.15, 0.2) is 30.3 Å². The second-order valence-corrected chi connectivity index (χ2v) is 5.20. The predicted octanol–water partition coefficient (Wildman–Crippen LogP) is 3.87. The van der Waals surface area contributed by atoms with Crippen LogP contribution in [0.2, 0.25) is 10.0 Å². The highest BCUT2D eigenvalue weighted by molar-refractivity contribution is 6.37. The molecule has 23 heavy (non-hydrogen) atoms. The number of halogens is 2. The Labute approximate surface area is 140 Å². The molecule has 7 nitrogen and oxygen atoms in total. The number of hydrogen-bond acceptors (Lipinski definition) is 5. The van der Waals surface area contributed by atoms with Crippen molar-refractivity contribution in [1.29, 1.82) is 0 Å². The molecule has 0 saturated heterocycles. The third kappa shape index (κ3) is 3.64. The lowest BCUT2D eigenvalue weighted by Crippen LogP contribution is -2.12. The average molecular weight is 357 g/mol. The van der Waals surface area contributed by atoms with Crippen molar-refractivity contribution in [3.63, 3.8) is 0 Å². The first-order chi connectivity index (χ1) is 10.8. The zero-order chi connectivity index (χ0) is 17.1. The summed E-state index contributed by atoms with van der Waals surface area (Å²) in [5.74, 6) is -0.731. The molecule has 2 aromatic carbocycles. The summed E-state index contributed by atoms with van der Waals surface area (Å²) in [6, 6.07) is 5.93. The summed E-state index contributed by atoms with van der Waals surface area (Å²) >= 11 is 11.9. The number of nitrogens with one attached hydrogen (secondary N) is 1. The highest BCUT2D eigenvalue weighted by atomic mass is 35.5. The van der Waals surface area contributed by atoms with Crippen molar-refractivity contribution in [2.75, 3.05) is 12.4 Å². The number of anilines is 1. The van der Waals surface area contributed by atoms with E-state index in [9.17, 15) is 20.0 Å². The Balaban J connectivity index is 2.33. The van der Waals surface area contributed by atoms with Gasteiger partial charge in [0, 0.05) is 17.7 Å². The van der Waals surface area contributed by atoms with E-state index in [1.807, 2.05) is 0 Å². The Morgan fingerprint density at radius 1 is 1.26 bits per heavy atom. The summed E-state index contributed by atoms with van der Waals surface area (Å²) in [5, 5.41) is 23.1. The molecule has 0 atom stereocenters. The zero-order valence-electron chi connectivity index (χ0n) is 11.7. The Kier molecular flexibility index (Phi) is 4.92. The molecule has 0 aliphatic rings. The standard InChI is InChI=1S/C14H10Cl2N2O5/c1-23-13-9(15)4-7(5-10(13)16)14(20)17-11-6-8(18(21)22)2-3-12(11)19/h2-6,19H,1H3,(H,17,20). The average Bonchev–Trinajstić information content (AvgIpc) is 2.48. The molecular weight excluding hydrogens is 347 g/mol. The van der Waals surface area contributed by atoms with Crippen molar-refractivity contribution >= 4 is 40.5 Å². The molecule has 120 valence electrons. The molecule has 1 amide bonds. The molecule has 2 N–H and O–H groups in total. The maximum atomic E-state index is 12.2. The van der Waals surface area contributed by atoms with Gasteiger partial charge in [0.05, 0.1) is 27.8 Å². The normalized spacial score (nSPS) is 10.2. The first kappa shape index (κ1) is 16.9. The number of phenolic OH excluding ortho intramolecular Hbond substituents is 1. The van der Waals surface area contributed by atoms with Crippen molar-refractivity contribution in [3.05, 3.63) is 56.1 Å². The Hall–Kier alpha value is -2.51. The smallest absolute Gasteiger partial charge is 0.271 e. The second kappa shape index (κ2) is 6.72. The van der Waals surface area contributed by atoms with Gasteiger partial charge in [-0.15, -0.1) is 0 Å². The molecule has 0 bridgehead atoms. The van der Waals surface area contributed by atoms with E-state index < -0.39 is 10.8 Å². The van der Waals surface area contributed by atoms with E-state index in [2.05, 4.69) is 5.32 Å². The van der Waals surface area contributed by atoms with Crippen molar-refractivity contribution in [3.8, 4) is 11.5 Å². The molecule has 0 spiro atoms. The molecule has 0 aliphatic carbocycles. The molecule has 2 rings (SSSR count). The number of amides is 1. The minimum absolute atomic E-state index is 0.103. The van der Waals surface area contributed by atoms with Crippen molar-refractivity contribution in [1.82, 2.24) is 0 Å². The molecule has 9 heteroatoms. The first-order valence-corrected chi connectivity index (χ1v) is 6.91. The summed E-state index contributed by atoms with van der Waals surface area (Å²) < 4.78 is 4.98. The van der Waals surface area contributed by atoms with E-state index >= 15 is 0 Å². The molecule has 0 heterocycles. The van der Waals surface area contributed by atoms with Gasteiger partial charge in [-0.2, -0.15) is 0 Å². The van der Waals surface area contributed by atoms with Crippen molar-refractivity contribution < 1.29 is 19.6 Å². The van der Waals surface area contributed by atoms with Gasteiger partial charge in [0.1, 0.15) is 5.75 Å². The van der Waals surface area contributed by atoms with E-state index in [1.165, 1.54) is 19.2 Å². The van der Waals surface area contributed by atoms with Crippen LogP contribution in [0.4, 0.5) is 11.4 Å². The number of hydrogen-bond donors (Lipinski definition) is 2. The number of aromatic hydroxyl groups is 1. The summed E-state index contributed by atoms with van der Waals surface area (Å²) in [4.78, 5) is 22.3. The molecule has 2 aromatic rings. The Bertz CT molecular complexity index is 772. The molecule has 0 radical (unpaired) electrons. The van der Waals surface area contributed by atoms with E-state index in [0.717, 1.165) is 18.2 Å². The van der Waals surface area contributed by atoms with Crippen LogP contribution in [0.5, 0.6) is 11.5 Å². The number of ether oxygens (including phenoxy) is 1. The largest absolute Gasteiger partial charge is 0.506 e. The van der Waals surface area contributed by atoms with Crippen LogP contribution in [0.25, 0.3) is 0 Å². The van der Waals surface area contributed by atoms with Gasteiger partial charge in [0.25, 0.3) is 11.6 Å². The van der Waals surface area contributed by atoms with Crippen molar-refractivity contribution in [2.45, 2.75) is 0 Å². The van der Waals surface area contributed by atoms with Crippen LogP contribution in [0, 0.1) is 10.1 Å². The number of benzene rings is 2. The van der Waals surface area contributed by atoms with Gasteiger partial charge < -0.3 is 15.2 Å². The van der Waals surface area contributed by atoms with Gasteiger partial charge in [0.2, 0.25) is 0 Å².